The Hall–Kier alpha value is -1.32. The number of nitrogens with zero attached hydrogens (tertiary/aromatic N) is 2. The second-order valence-corrected chi connectivity index (χ2v) is 4.21. The Labute approximate surface area is 83.3 Å². The Balaban J connectivity index is 2.13. The Bertz CT molecular complexity index is 343. The zero-order chi connectivity index (χ0) is 10.1. The molecule has 0 saturated heterocycles. The van der Waals surface area contributed by atoms with Gasteiger partial charge in [0.15, 0.2) is 0 Å². The van der Waals surface area contributed by atoms with Gasteiger partial charge in [-0.05, 0) is 12.3 Å². The fourth-order valence-corrected chi connectivity index (χ4v) is 1.85. The van der Waals surface area contributed by atoms with Crippen LogP contribution in [0.1, 0.15) is 20.3 Å². The maximum Gasteiger partial charge on any atom is 0.230 e. The highest BCUT2D eigenvalue weighted by Gasteiger charge is 2.26. The van der Waals surface area contributed by atoms with Crippen molar-refractivity contribution in [1.82, 2.24) is 9.78 Å². The minimum absolute atomic E-state index is 0.0717. The SMILES string of the molecule is CC(C)CC1Cn2nccc2NC1=O. The first-order valence-corrected chi connectivity index (χ1v) is 4.99. The van der Waals surface area contributed by atoms with Gasteiger partial charge in [-0.1, -0.05) is 13.8 Å². The topological polar surface area (TPSA) is 46.9 Å². The van der Waals surface area contributed by atoms with E-state index in [1.165, 1.54) is 0 Å². The third-order valence-electron chi connectivity index (χ3n) is 2.49. The average Bonchev–Trinajstić information content (AvgIpc) is 2.51. The molecular formula is C10H15N3O. The lowest BCUT2D eigenvalue weighted by Crippen LogP contribution is -2.34. The van der Waals surface area contributed by atoms with Crippen LogP contribution in [0.2, 0.25) is 0 Å². The number of rotatable bonds is 2. The monoisotopic (exact) mass is 193 g/mol. The normalized spacial score (nSPS) is 20.8. The van der Waals surface area contributed by atoms with Crippen molar-refractivity contribution >= 4 is 11.7 Å². The van der Waals surface area contributed by atoms with E-state index >= 15 is 0 Å². The highest BCUT2D eigenvalue weighted by atomic mass is 16.2. The second kappa shape index (κ2) is 3.44. The highest BCUT2D eigenvalue weighted by Crippen LogP contribution is 2.22. The second-order valence-electron chi connectivity index (χ2n) is 4.21. The van der Waals surface area contributed by atoms with Gasteiger partial charge in [-0.2, -0.15) is 5.10 Å². The maximum absolute atomic E-state index is 11.6. The molecule has 0 spiro atoms. The molecule has 14 heavy (non-hydrogen) atoms. The molecule has 4 nitrogen and oxygen atoms in total. The molecule has 2 rings (SSSR count). The number of hydrogen-bond acceptors (Lipinski definition) is 2. The van der Waals surface area contributed by atoms with Crippen molar-refractivity contribution in [3.63, 3.8) is 0 Å². The zero-order valence-electron chi connectivity index (χ0n) is 8.53. The van der Waals surface area contributed by atoms with Crippen molar-refractivity contribution in [3.05, 3.63) is 12.3 Å². The van der Waals surface area contributed by atoms with E-state index in [1.54, 1.807) is 6.20 Å². The molecule has 76 valence electrons. The minimum atomic E-state index is 0.0717. The van der Waals surface area contributed by atoms with E-state index in [1.807, 2.05) is 10.7 Å². The Morgan fingerprint density at radius 3 is 3.21 bits per heavy atom. The summed E-state index contributed by atoms with van der Waals surface area (Å²) in [4.78, 5) is 11.6. The summed E-state index contributed by atoms with van der Waals surface area (Å²) in [5.41, 5.74) is 0. The van der Waals surface area contributed by atoms with Gasteiger partial charge in [0.25, 0.3) is 0 Å². The van der Waals surface area contributed by atoms with Crippen LogP contribution < -0.4 is 5.32 Å². The Morgan fingerprint density at radius 1 is 1.71 bits per heavy atom. The van der Waals surface area contributed by atoms with E-state index in [-0.39, 0.29) is 11.8 Å². The number of carbonyl (C=O) groups is 1. The third kappa shape index (κ3) is 1.64. The molecule has 0 aromatic carbocycles. The van der Waals surface area contributed by atoms with E-state index < -0.39 is 0 Å². The van der Waals surface area contributed by atoms with Crippen molar-refractivity contribution in [2.45, 2.75) is 26.8 Å². The lowest BCUT2D eigenvalue weighted by atomic mass is 9.95. The Kier molecular flexibility index (Phi) is 2.27. The van der Waals surface area contributed by atoms with Crippen molar-refractivity contribution < 1.29 is 4.79 Å². The van der Waals surface area contributed by atoms with Crippen LogP contribution in [0.3, 0.4) is 0 Å². The van der Waals surface area contributed by atoms with Crippen molar-refractivity contribution in [2.75, 3.05) is 5.32 Å². The van der Waals surface area contributed by atoms with E-state index in [0.29, 0.717) is 12.5 Å². The first kappa shape index (κ1) is 9.24. The van der Waals surface area contributed by atoms with Gasteiger partial charge in [-0.25, -0.2) is 4.68 Å². The summed E-state index contributed by atoms with van der Waals surface area (Å²) >= 11 is 0. The van der Waals surface area contributed by atoms with Gasteiger partial charge in [0, 0.05) is 6.07 Å². The van der Waals surface area contributed by atoms with Crippen LogP contribution in [-0.2, 0) is 11.3 Å². The number of nitrogens with one attached hydrogen (secondary N) is 1. The summed E-state index contributed by atoms with van der Waals surface area (Å²) in [6, 6.07) is 1.82. The van der Waals surface area contributed by atoms with Crippen LogP contribution in [-0.4, -0.2) is 15.7 Å². The lowest BCUT2D eigenvalue weighted by Gasteiger charge is -2.24. The fraction of sp³-hybridized carbons (Fsp3) is 0.600. The summed E-state index contributed by atoms with van der Waals surface area (Å²) in [6.45, 7) is 4.98. The molecule has 0 radical (unpaired) electrons. The van der Waals surface area contributed by atoms with Gasteiger partial charge in [0.2, 0.25) is 5.91 Å². The number of anilines is 1. The van der Waals surface area contributed by atoms with Crippen LogP contribution in [0.4, 0.5) is 5.82 Å². The molecule has 1 aromatic rings. The van der Waals surface area contributed by atoms with Crippen LogP contribution in [0.25, 0.3) is 0 Å². The first-order chi connectivity index (χ1) is 6.66. The number of hydrogen-bond donors (Lipinski definition) is 1. The number of aromatic nitrogens is 2. The van der Waals surface area contributed by atoms with Gasteiger partial charge < -0.3 is 5.32 Å². The molecule has 0 fully saturated rings. The predicted molar refractivity (Wildman–Crippen MR) is 53.8 cm³/mol. The predicted octanol–water partition coefficient (Wildman–Crippen LogP) is 1.50. The zero-order valence-corrected chi connectivity index (χ0v) is 8.53. The lowest BCUT2D eigenvalue weighted by molar-refractivity contribution is -0.121. The smallest absolute Gasteiger partial charge is 0.230 e. The molecule has 1 aliphatic rings. The summed E-state index contributed by atoms with van der Waals surface area (Å²) in [6.07, 6.45) is 2.64. The largest absolute Gasteiger partial charge is 0.311 e. The van der Waals surface area contributed by atoms with Crippen molar-refractivity contribution in [2.24, 2.45) is 11.8 Å². The molecule has 1 N–H and O–H groups in total. The van der Waals surface area contributed by atoms with Crippen LogP contribution in [0.15, 0.2) is 12.3 Å². The van der Waals surface area contributed by atoms with Gasteiger partial charge in [0.05, 0.1) is 18.7 Å². The van der Waals surface area contributed by atoms with E-state index in [0.717, 1.165) is 12.2 Å². The number of amides is 1. The molecule has 0 aliphatic carbocycles. The molecule has 0 saturated carbocycles. The van der Waals surface area contributed by atoms with Crippen molar-refractivity contribution in [3.8, 4) is 0 Å². The van der Waals surface area contributed by atoms with E-state index in [4.69, 9.17) is 0 Å². The number of carbonyl (C=O) groups excluding carboxylic acids is 1. The summed E-state index contributed by atoms with van der Waals surface area (Å²) in [5, 5.41) is 7.01. The van der Waals surface area contributed by atoms with Crippen LogP contribution >= 0.6 is 0 Å². The molecule has 0 bridgehead atoms. The minimum Gasteiger partial charge on any atom is -0.311 e. The Morgan fingerprint density at radius 2 is 2.50 bits per heavy atom. The summed E-state index contributed by atoms with van der Waals surface area (Å²) in [7, 11) is 0. The molecule has 1 amide bonds. The average molecular weight is 193 g/mol. The molecule has 4 heteroatoms. The van der Waals surface area contributed by atoms with Gasteiger partial charge in [0.1, 0.15) is 5.82 Å². The molecular weight excluding hydrogens is 178 g/mol. The van der Waals surface area contributed by atoms with Crippen molar-refractivity contribution in [1.29, 1.82) is 0 Å². The highest BCUT2D eigenvalue weighted by molar-refractivity contribution is 5.92. The summed E-state index contributed by atoms with van der Waals surface area (Å²) in [5.74, 6) is 1.56. The van der Waals surface area contributed by atoms with E-state index in [9.17, 15) is 4.79 Å². The number of fused-ring (bicyclic) bond motifs is 1. The van der Waals surface area contributed by atoms with Gasteiger partial charge in [-0.15, -0.1) is 0 Å². The summed E-state index contributed by atoms with van der Waals surface area (Å²) < 4.78 is 1.86. The van der Waals surface area contributed by atoms with E-state index in [2.05, 4.69) is 24.3 Å². The van der Waals surface area contributed by atoms with Crippen LogP contribution in [0.5, 0.6) is 0 Å². The third-order valence-corrected chi connectivity index (χ3v) is 2.49. The fourth-order valence-electron chi connectivity index (χ4n) is 1.85. The molecule has 1 atom stereocenters. The first-order valence-electron chi connectivity index (χ1n) is 4.99. The standard InChI is InChI=1S/C10H15N3O/c1-7(2)5-8-6-13-9(3-4-11-13)12-10(8)14/h3-4,7-8H,5-6H2,1-2H3,(H,12,14). The quantitative estimate of drug-likeness (QED) is 0.773. The maximum atomic E-state index is 11.6. The molecule has 1 aliphatic heterocycles. The molecule has 1 unspecified atom stereocenters. The van der Waals surface area contributed by atoms with Crippen LogP contribution in [0, 0.1) is 11.8 Å². The molecule has 1 aromatic heterocycles. The van der Waals surface area contributed by atoms with Gasteiger partial charge in [-0.3, -0.25) is 4.79 Å². The molecule has 2 heterocycles. The van der Waals surface area contributed by atoms with Gasteiger partial charge >= 0.3 is 0 Å².